The van der Waals surface area contributed by atoms with Gasteiger partial charge in [0.25, 0.3) is 0 Å². The molecule has 0 fully saturated rings. The van der Waals surface area contributed by atoms with E-state index in [1.54, 1.807) is 0 Å². The van der Waals surface area contributed by atoms with Gasteiger partial charge in [0.1, 0.15) is 0 Å². The lowest BCUT2D eigenvalue weighted by Gasteiger charge is -2.25. The van der Waals surface area contributed by atoms with Crippen LogP contribution in [0.2, 0.25) is 0 Å². The first-order chi connectivity index (χ1) is 8.43. The smallest absolute Gasteiger partial charge is 0.192 e. The van der Waals surface area contributed by atoms with Crippen molar-refractivity contribution in [2.24, 2.45) is 0 Å². The third-order valence-corrected chi connectivity index (χ3v) is 3.59. The van der Waals surface area contributed by atoms with Gasteiger partial charge in [-0.05, 0) is 6.07 Å². The van der Waals surface area contributed by atoms with E-state index >= 15 is 0 Å². The Bertz CT molecular complexity index is 614. The normalized spacial score (nSPS) is 23.1. The van der Waals surface area contributed by atoms with Crippen LogP contribution in [0.4, 0.5) is 0 Å². The molecule has 1 aromatic carbocycles. The Hall–Kier alpha value is -1.68. The predicted octanol–water partition coefficient (Wildman–Crippen LogP) is 0.0329. The number of aromatic nitrogens is 2. The molecular weight excluding hydrogens is 214 g/mol. The Morgan fingerprint density at radius 1 is 1.35 bits per heavy atom. The molecule has 86 valence electrons. The molecule has 0 aliphatic carbocycles. The van der Waals surface area contributed by atoms with Gasteiger partial charge in [0.2, 0.25) is 0 Å². The fraction of sp³-hybridized carbons (Fsp3) is 0.385. The Labute approximate surface area is 98.9 Å². The molecule has 1 aromatic heterocycles. The Morgan fingerprint density at radius 2 is 2.24 bits per heavy atom. The van der Waals surface area contributed by atoms with Crippen LogP contribution in [0.1, 0.15) is 18.2 Å². The van der Waals surface area contributed by atoms with Crippen LogP contribution in [0.15, 0.2) is 24.3 Å². The molecule has 4 heteroatoms. The van der Waals surface area contributed by atoms with Crippen LogP contribution >= 0.6 is 0 Å². The molecule has 4 nitrogen and oxygen atoms in total. The molecule has 0 radical (unpaired) electrons. The standard InChI is InChI=1S/C13H13N3O/c1-2-4-10-9(3-1)12-13(11-5-6-14-11)17-8-7-16(12)15-10/h1-4,13H,5-8H2/p+1. The van der Waals surface area contributed by atoms with E-state index in [4.69, 9.17) is 4.74 Å². The molecular formula is C13H14N3O+. The van der Waals surface area contributed by atoms with Gasteiger partial charge in [-0.15, -0.1) is 0 Å². The number of benzene rings is 1. The van der Waals surface area contributed by atoms with Gasteiger partial charge in [0.05, 0.1) is 30.8 Å². The maximum absolute atomic E-state index is 5.91. The molecule has 0 saturated heterocycles. The summed E-state index contributed by atoms with van der Waals surface area (Å²) in [6, 6.07) is 8.30. The highest BCUT2D eigenvalue weighted by atomic mass is 16.5. The Morgan fingerprint density at radius 3 is 3.06 bits per heavy atom. The highest BCUT2D eigenvalue weighted by Gasteiger charge is 2.35. The van der Waals surface area contributed by atoms with Gasteiger partial charge in [0, 0.05) is 5.39 Å². The van der Waals surface area contributed by atoms with Crippen LogP contribution in [-0.2, 0) is 11.3 Å². The van der Waals surface area contributed by atoms with E-state index in [-0.39, 0.29) is 6.10 Å². The molecule has 2 aliphatic rings. The van der Waals surface area contributed by atoms with Crippen molar-refractivity contribution in [1.82, 2.24) is 9.78 Å². The van der Waals surface area contributed by atoms with Crippen molar-refractivity contribution >= 4 is 16.6 Å². The average Bonchev–Trinajstić information content (AvgIpc) is 2.66. The van der Waals surface area contributed by atoms with Crippen LogP contribution in [-0.4, -0.2) is 28.6 Å². The van der Waals surface area contributed by atoms with Gasteiger partial charge in [-0.1, -0.05) is 18.2 Å². The summed E-state index contributed by atoms with van der Waals surface area (Å²) in [5, 5.41) is 5.86. The van der Waals surface area contributed by atoms with Crippen LogP contribution in [0.5, 0.6) is 0 Å². The average molecular weight is 228 g/mol. The zero-order valence-electron chi connectivity index (χ0n) is 9.52. The summed E-state index contributed by atoms with van der Waals surface area (Å²) in [4.78, 5) is 3.36. The van der Waals surface area contributed by atoms with Crippen LogP contribution in [0.3, 0.4) is 0 Å². The quantitative estimate of drug-likeness (QED) is 0.748. The zero-order valence-corrected chi connectivity index (χ0v) is 9.52. The topological polar surface area (TPSA) is 41.0 Å². The van der Waals surface area contributed by atoms with E-state index in [2.05, 4.69) is 33.0 Å². The fourth-order valence-electron chi connectivity index (χ4n) is 2.64. The first kappa shape index (κ1) is 9.36. The van der Waals surface area contributed by atoms with Crippen LogP contribution < -0.4 is 4.99 Å². The molecule has 1 unspecified atom stereocenters. The second kappa shape index (κ2) is 3.40. The number of nitrogens with zero attached hydrogens (tertiary/aromatic N) is 2. The number of hydrogen-bond acceptors (Lipinski definition) is 2. The first-order valence-corrected chi connectivity index (χ1v) is 6.10. The molecule has 0 bridgehead atoms. The van der Waals surface area contributed by atoms with Crippen molar-refractivity contribution in [2.45, 2.75) is 19.1 Å². The molecule has 0 amide bonds. The van der Waals surface area contributed by atoms with Gasteiger partial charge in [0.15, 0.2) is 18.4 Å². The molecule has 0 spiro atoms. The Kier molecular flexibility index (Phi) is 1.87. The van der Waals surface area contributed by atoms with E-state index in [1.165, 1.54) is 16.8 Å². The van der Waals surface area contributed by atoms with Crippen molar-refractivity contribution in [1.29, 1.82) is 0 Å². The largest absolute Gasteiger partial charge is 0.359 e. The van der Waals surface area contributed by atoms with E-state index in [0.29, 0.717) is 0 Å². The van der Waals surface area contributed by atoms with Gasteiger partial charge in [-0.3, -0.25) is 4.68 Å². The second-order valence-electron chi connectivity index (χ2n) is 4.58. The minimum absolute atomic E-state index is 0.0879. The highest BCUT2D eigenvalue weighted by molar-refractivity contribution is 5.92. The number of fused-ring (bicyclic) bond motifs is 3. The molecule has 17 heavy (non-hydrogen) atoms. The van der Waals surface area contributed by atoms with Crippen LogP contribution in [0.25, 0.3) is 10.9 Å². The van der Waals surface area contributed by atoms with Gasteiger partial charge < -0.3 is 4.74 Å². The monoisotopic (exact) mass is 228 g/mol. The molecule has 2 aromatic rings. The van der Waals surface area contributed by atoms with Gasteiger partial charge in [-0.25, -0.2) is 4.99 Å². The molecule has 2 aliphatic heterocycles. The summed E-state index contributed by atoms with van der Waals surface area (Å²) < 4.78 is 8.02. The molecule has 4 rings (SSSR count). The first-order valence-electron chi connectivity index (χ1n) is 6.10. The van der Waals surface area contributed by atoms with Gasteiger partial charge in [-0.2, -0.15) is 5.10 Å². The fourth-order valence-corrected chi connectivity index (χ4v) is 2.64. The highest BCUT2D eigenvalue weighted by Crippen LogP contribution is 2.30. The summed E-state index contributed by atoms with van der Waals surface area (Å²) in [7, 11) is 0. The minimum atomic E-state index is 0.0879. The maximum Gasteiger partial charge on any atom is 0.192 e. The third-order valence-electron chi connectivity index (χ3n) is 3.59. The summed E-state index contributed by atoms with van der Waals surface area (Å²) in [5.74, 6) is 0. The lowest BCUT2D eigenvalue weighted by molar-refractivity contribution is -0.490. The lowest BCUT2D eigenvalue weighted by atomic mass is 10.0. The van der Waals surface area contributed by atoms with Crippen molar-refractivity contribution < 1.29 is 9.73 Å². The number of hydrogen-bond donors (Lipinski definition) is 1. The SMILES string of the molecule is c1ccc2c3n(nc2c1)CCOC3C1=[NH+]CC1. The summed E-state index contributed by atoms with van der Waals surface area (Å²) in [5.41, 5.74) is 3.59. The third kappa shape index (κ3) is 1.27. The second-order valence-corrected chi connectivity index (χ2v) is 4.58. The lowest BCUT2D eigenvalue weighted by Crippen LogP contribution is -2.82. The molecule has 1 N–H and O–H groups in total. The number of rotatable bonds is 1. The van der Waals surface area contributed by atoms with Crippen molar-refractivity contribution in [3.8, 4) is 0 Å². The zero-order chi connectivity index (χ0) is 11.2. The van der Waals surface area contributed by atoms with Gasteiger partial charge >= 0.3 is 0 Å². The predicted molar refractivity (Wildman–Crippen MR) is 63.9 cm³/mol. The number of ether oxygens (including phenoxy) is 1. The maximum atomic E-state index is 5.91. The van der Waals surface area contributed by atoms with Crippen LogP contribution in [0, 0.1) is 0 Å². The summed E-state index contributed by atoms with van der Waals surface area (Å²) in [6.45, 7) is 2.67. The van der Waals surface area contributed by atoms with Crippen molar-refractivity contribution in [2.75, 3.05) is 13.2 Å². The van der Waals surface area contributed by atoms with E-state index < -0.39 is 0 Å². The van der Waals surface area contributed by atoms with Crippen molar-refractivity contribution in [3.05, 3.63) is 30.0 Å². The summed E-state index contributed by atoms with van der Waals surface area (Å²) in [6.07, 6.45) is 1.20. The molecule has 1 atom stereocenters. The minimum Gasteiger partial charge on any atom is -0.359 e. The molecule has 0 saturated carbocycles. The van der Waals surface area contributed by atoms with E-state index in [0.717, 1.165) is 31.6 Å². The Balaban J connectivity index is 1.96. The number of nitrogens with one attached hydrogen (secondary N) is 1. The summed E-state index contributed by atoms with van der Waals surface area (Å²) >= 11 is 0. The van der Waals surface area contributed by atoms with E-state index in [9.17, 15) is 0 Å². The molecule has 3 heterocycles. The van der Waals surface area contributed by atoms with E-state index in [1.807, 2.05) is 6.07 Å². The van der Waals surface area contributed by atoms with Crippen molar-refractivity contribution in [3.63, 3.8) is 0 Å².